The van der Waals surface area contributed by atoms with Crippen molar-refractivity contribution < 1.29 is 14.7 Å². The highest BCUT2D eigenvalue weighted by Crippen LogP contribution is 2.09. The molecule has 1 aliphatic rings. The van der Waals surface area contributed by atoms with Crippen molar-refractivity contribution in [2.45, 2.75) is 26.2 Å². The Morgan fingerprint density at radius 3 is 2.37 bits per heavy atom. The van der Waals surface area contributed by atoms with Crippen molar-refractivity contribution in [3.63, 3.8) is 0 Å². The zero-order valence-corrected chi connectivity index (χ0v) is 11.7. The zero-order valence-electron chi connectivity index (χ0n) is 11.7. The number of hydrogen-bond donors (Lipinski definition) is 2. The Balaban J connectivity index is 2.21. The van der Waals surface area contributed by atoms with E-state index in [-0.39, 0.29) is 12.3 Å². The van der Waals surface area contributed by atoms with Crippen molar-refractivity contribution in [3.05, 3.63) is 0 Å². The summed E-state index contributed by atoms with van der Waals surface area (Å²) in [6.07, 6.45) is 1.57. The number of nitrogens with zero attached hydrogens (tertiary/aromatic N) is 2. The molecule has 0 aliphatic carbocycles. The normalized spacial score (nSPS) is 18.3. The molecule has 0 saturated carbocycles. The van der Waals surface area contributed by atoms with Crippen LogP contribution in [0.2, 0.25) is 0 Å². The fourth-order valence-corrected chi connectivity index (χ4v) is 2.12. The molecule has 19 heavy (non-hydrogen) atoms. The summed E-state index contributed by atoms with van der Waals surface area (Å²) in [6, 6.07) is 0. The molecule has 6 heteroatoms. The quantitative estimate of drug-likeness (QED) is 0.679. The lowest BCUT2D eigenvalue weighted by Gasteiger charge is -2.34. The van der Waals surface area contributed by atoms with Crippen LogP contribution in [0.25, 0.3) is 0 Å². The molecule has 1 aliphatic heterocycles. The molecule has 1 atom stereocenters. The molecule has 0 aromatic heterocycles. The molecular weight excluding hydrogens is 246 g/mol. The predicted octanol–water partition coefficient (Wildman–Crippen LogP) is -0.0197. The van der Waals surface area contributed by atoms with E-state index in [1.54, 1.807) is 0 Å². The average Bonchev–Trinajstić information content (AvgIpc) is 2.42. The fourth-order valence-electron chi connectivity index (χ4n) is 2.12. The third-order valence-corrected chi connectivity index (χ3v) is 3.62. The van der Waals surface area contributed by atoms with E-state index >= 15 is 0 Å². The Labute approximate surface area is 114 Å². The van der Waals surface area contributed by atoms with Gasteiger partial charge in [0.25, 0.3) is 0 Å². The second-order valence-electron chi connectivity index (χ2n) is 5.25. The molecule has 6 nitrogen and oxygen atoms in total. The van der Waals surface area contributed by atoms with Crippen LogP contribution in [0, 0.1) is 5.92 Å². The van der Waals surface area contributed by atoms with E-state index in [9.17, 15) is 9.59 Å². The largest absolute Gasteiger partial charge is 0.481 e. The molecule has 1 amide bonds. The van der Waals surface area contributed by atoms with E-state index in [1.165, 1.54) is 0 Å². The number of carboxylic acids is 1. The number of carboxylic acid groups (broad SMARTS) is 1. The first-order chi connectivity index (χ1) is 9.02. The predicted molar refractivity (Wildman–Crippen MR) is 72.7 cm³/mol. The van der Waals surface area contributed by atoms with Crippen LogP contribution in [0.1, 0.15) is 26.2 Å². The van der Waals surface area contributed by atoms with Gasteiger partial charge in [-0.05, 0) is 18.9 Å². The fraction of sp³-hybridized carbons (Fsp3) is 0.846. The smallest absolute Gasteiger partial charge is 0.304 e. The van der Waals surface area contributed by atoms with Gasteiger partial charge < -0.3 is 15.7 Å². The lowest BCUT2D eigenvalue weighted by molar-refractivity contribution is -0.138. The molecule has 1 heterocycles. The van der Waals surface area contributed by atoms with Crippen molar-refractivity contribution >= 4 is 11.9 Å². The SMILES string of the molecule is CC(CN)CCC(=O)N1CCN(CCC(=O)O)CC1. The molecule has 0 aromatic carbocycles. The van der Waals surface area contributed by atoms with Gasteiger partial charge in [0.2, 0.25) is 5.91 Å². The lowest BCUT2D eigenvalue weighted by atomic mass is 10.1. The maximum atomic E-state index is 12.0. The summed E-state index contributed by atoms with van der Waals surface area (Å²) in [6.45, 7) is 6.19. The van der Waals surface area contributed by atoms with Crippen molar-refractivity contribution in [1.29, 1.82) is 0 Å². The van der Waals surface area contributed by atoms with E-state index in [0.717, 1.165) is 19.5 Å². The first-order valence-corrected chi connectivity index (χ1v) is 6.95. The van der Waals surface area contributed by atoms with Crippen LogP contribution >= 0.6 is 0 Å². The number of carbonyl (C=O) groups excluding carboxylic acids is 1. The highest BCUT2D eigenvalue weighted by Gasteiger charge is 2.21. The van der Waals surface area contributed by atoms with Crippen LogP contribution in [0.5, 0.6) is 0 Å². The Hall–Kier alpha value is -1.14. The van der Waals surface area contributed by atoms with Gasteiger partial charge in [-0.15, -0.1) is 0 Å². The molecule has 110 valence electrons. The van der Waals surface area contributed by atoms with Crippen LogP contribution < -0.4 is 5.73 Å². The first-order valence-electron chi connectivity index (χ1n) is 6.95. The van der Waals surface area contributed by atoms with Crippen molar-refractivity contribution in [1.82, 2.24) is 9.80 Å². The van der Waals surface area contributed by atoms with Gasteiger partial charge in [0.15, 0.2) is 0 Å². The number of carbonyl (C=O) groups is 2. The van der Waals surface area contributed by atoms with Gasteiger partial charge in [-0.25, -0.2) is 0 Å². The van der Waals surface area contributed by atoms with E-state index in [2.05, 4.69) is 11.8 Å². The summed E-state index contributed by atoms with van der Waals surface area (Å²) in [5.41, 5.74) is 5.53. The summed E-state index contributed by atoms with van der Waals surface area (Å²) in [7, 11) is 0. The lowest BCUT2D eigenvalue weighted by Crippen LogP contribution is -2.49. The molecule has 0 bridgehead atoms. The zero-order chi connectivity index (χ0) is 14.3. The second kappa shape index (κ2) is 8.12. The summed E-state index contributed by atoms with van der Waals surface area (Å²) < 4.78 is 0. The minimum Gasteiger partial charge on any atom is -0.481 e. The number of nitrogens with two attached hydrogens (primary N) is 1. The third kappa shape index (κ3) is 6.02. The molecule has 0 aromatic rings. The monoisotopic (exact) mass is 271 g/mol. The van der Waals surface area contributed by atoms with E-state index in [0.29, 0.717) is 38.5 Å². The van der Waals surface area contributed by atoms with Gasteiger partial charge in [-0.3, -0.25) is 14.5 Å². The number of rotatable bonds is 7. The maximum absolute atomic E-state index is 12.0. The number of hydrogen-bond acceptors (Lipinski definition) is 4. The Morgan fingerprint density at radius 1 is 1.21 bits per heavy atom. The molecule has 3 N–H and O–H groups in total. The Morgan fingerprint density at radius 2 is 1.84 bits per heavy atom. The number of amides is 1. The van der Waals surface area contributed by atoms with E-state index < -0.39 is 5.97 Å². The topological polar surface area (TPSA) is 86.9 Å². The molecular formula is C13H25N3O3. The average molecular weight is 271 g/mol. The van der Waals surface area contributed by atoms with Gasteiger partial charge in [-0.1, -0.05) is 6.92 Å². The summed E-state index contributed by atoms with van der Waals surface area (Å²) >= 11 is 0. The van der Waals surface area contributed by atoms with Gasteiger partial charge in [0.05, 0.1) is 6.42 Å². The summed E-state index contributed by atoms with van der Waals surface area (Å²) in [5.74, 6) is -0.187. The summed E-state index contributed by atoms with van der Waals surface area (Å²) in [4.78, 5) is 26.4. The van der Waals surface area contributed by atoms with Crippen LogP contribution in [-0.2, 0) is 9.59 Å². The molecule has 0 radical (unpaired) electrons. The minimum atomic E-state index is -0.769. The van der Waals surface area contributed by atoms with E-state index in [1.807, 2.05) is 4.90 Å². The van der Waals surface area contributed by atoms with Crippen molar-refractivity contribution in [2.24, 2.45) is 11.7 Å². The summed E-state index contributed by atoms with van der Waals surface area (Å²) in [5, 5.41) is 8.63. The second-order valence-corrected chi connectivity index (χ2v) is 5.25. The molecule has 1 unspecified atom stereocenters. The van der Waals surface area contributed by atoms with E-state index in [4.69, 9.17) is 10.8 Å². The van der Waals surface area contributed by atoms with Crippen LogP contribution in [0.15, 0.2) is 0 Å². The van der Waals surface area contributed by atoms with Gasteiger partial charge in [0, 0.05) is 39.1 Å². The maximum Gasteiger partial charge on any atom is 0.304 e. The van der Waals surface area contributed by atoms with Crippen LogP contribution in [-0.4, -0.2) is 66.1 Å². The number of piperazine rings is 1. The van der Waals surface area contributed by atoms with Crippen molar-refractivity contribution in [3.8, 4) is 0 Å². The first kappa shape index (κ1) is 15.9. The van der Waals surface area contributed by atoms with Crippen LogP contribution in [0.4, 0.5) is 0 Å². The highest BCUT2D eigenvalue weighted by atomic mass is 16.4. The van der Waals surface area contributed by atoms with Gasteiger partial charge in [-0.2, -0.15) is 0 Å². The number of aliphatic carboxylic acids is 1. The van der Waals surface area contributed by atoms with Gasteiger partial charge >= 0.3 is 5.97 Å². The minimum absolute atomic E-state index is 0.169. The molecule has 1 rings (SSSR count). The Bertz CT molecular complexity index is 302. The van der Waals surface area contributed by atoms with Crippen LogP contribution in [0.3, 0.4) is 0 Å². The van der Waals surface area contributed by atoms with Crippen molar-refractivity contribution in [2.75, 3.05) is 39.3 Å². The Kier molecular flexibility index (Phi) is 6.80. The highest BCUT2D eigenvalue weighted by molar-refractivity contribution is 5.76. The molecule has 1 saturated heterocycles. The van der Waals surface area contributed by atoms with Gasteiger partial charge in [0.1, 0.15) is 0 Å². The third-order valence-electron chi connectivity index (χ3n) is 3.62. The standard InChI is InChI=1S/C13H25N3O3/c1-11(10-14)2-3-12(17)16-8-6-15(7-9-16)5-4-13(18)19/h11H,2-10,14H2,1H3,(H,18,19). The molecule has 0 spiro atoms. The molecule has 1 fully saturated rings.